The van der Waals surface area contributed by atoms with Gasteiger partial charge in [0.15, 0.2) is 5.78 Å². The van der Waals surface area contributed by atoms with Gasteiger partial charge in [0, 0.05) is 5.56 Å². The van der Waals surface area contributed by atoms with Gasteiger partial charge in [0.25, 0.3) is 5.91 Å². The molecule has 0 aromatic heterocycles. The summed E-state index contributed by atoms with van der Waals surface area (Å²) in [7, 11) is 0. The maximum Gasteiger partial charge on any atom is 0.325 e. The summed E-state index contributed by atoms with van der Waals surface area (Å²) in [6.45, 7) is 3.57. The van der Waals surface area contributed by atoms with Crippen LogP contribution in [0.3, 0.4) is 0 Å². The summed E-state index contributed by atoms with van der Waals surface area (Å²) >= 11 is 0. The number of urea groups is 1. The van der Waals surface area contributed by atoms with E-state index in [1.165, 1.54) is 0 Å². The molecule has 142 valence electrons. The lowest BCUT2D eigenvalue weighted by Crippen LogP contribution is -2.41. The molecular weight excluding hydrogens is 358 g/mol. The highest BCUT2D eigenvalue weighted by Gasteiger charge is 2.49. The van der Waals surface area contributed by atoms with E-state index < -0.39 is 17.5 Å². The first-order valence-electron chi connectivity index (χ1n) is 8.80. The van der Waals surface area contributed by atoms with Crippen LogP contribution in [-0.4, -0.2) is 35.8 Å². The molecule has 0 bridgehead atoms. The van der Waals surface area contributed by atoms with Gasteiger partial charge < -0.3 is 10.1 Å². The fraction of sp³-hybridized carbons (Fsp3) is 0.238. The third-order valence-corrected chi connectivity index (χ3v) is 4.63. The predicted molar refractivity (Wildman–Crippen MR) is 101 cm³/mol. The average molecular weight is 377 g/mol. The number of carbonyl (C=O) groups is 3. The van der Waals surface area contributed by atoms with Crippen LogP contribution in [0.25, 0.3) is 0 Å². The number of carbonyl (C=O) groups excluding carboxylic acids is 3. The van der Waals surface area contributed by atoms with Gasteiger partial charge in [-0.05, 0) is 55.8 Å². The van der Waals surface area contributed by atoms with Gasteiger partial charge in [-0.15, -0.1) is 0 Å². The van der Waals surface area contributed by atoms with Gasteiger partial charge in [0.2, 0.25) is 0 Å². The van der Waals surface area contributed by atoms with Crippen molar-refractivity contribution in [1.82, 2.24) is 10.2 Å². The van der Waals surface area contributed by atoms with Gasteiger partial charge in [-0.2, -0.15) is 5.26 Å². The first kappa shape index (κ1) is 19.1. The fourth-order valence-electron chi connectivity index (χ4n) is 3.07. The molecule has 1 atom stereocenters. The molecule has 1 heterocycles. The summed E-state index contributed by atoms with van der Waals surface area (Å²) < 4.78 is 5.34. The Morgan fingerprint density at radius 1 is 1.21 bits per heavy atom. The minimum atomic E-state index is -1.33. The van der Waals surface area contributed by atoms with Crippen molar-refractivity contribution in [3.8, 4) is 11.8 Å². The minimum Gasteiger partial charge on any atom is -0.494 e. The van der Waals surface area contributed by atoms with Crippen LogP contribution in [0, 0.1) is 11.3 Å². The molecule has 1 saturated heterocycles. The van der Waals surface area contributed by atoms with Gasteiger partial charge in [0.1, 0.15) is 11.3 Å². The van der Waals surface area contributed by atoms with Gasteiger partial charge in [-0.3, -0.25) is 14.5 Å². The molecule has 1 aliphatic rings. The molecular formula is C21H19N3O4. The Kier molecular flexibility index (Phi) is 5.14. The van der Waals surface area contributed by atoms with Crippen molar-refractivity contribution in [3.63, 3.8) is 0 Å². The molecule has 0 saturated carbocycles. The van der Waals surface area contributed by atoms with Crippen molar-refractivity contribution in [3.05, 3.63) is 65.2 Å². The Morgan fingerprint density at radius 2 is 1.93 bits per heavy atom. The third kappa shape index (κ3) is 3.45. The SMILES string of the molecule is CCOc1ccc(C(=O)CN2C(=O)N[C@@](C)(c3cccc(C#N)c3)C2=O)cc1. The molecule has 0 unspecified atom stereocenters. The van der Waals surface area contributed by atoms with Crippen molar-refractivity contribution < 1.29 is 19.1 Å². The lowest BCUT2D eigenvalue weighted by Gasteiger charge is -2.22. The highest BCUT2D eigenvalue weighted by Crippen LogP contribution is 2.29. The average Bonchev–Trinajstić information content (AvgIpc) is 2.93. The quantitative estimate of drug-likeness (QED) is 0.616. The molecule has 7 nitrogen and oxygen atoms in total. The van der Waals surface area contributed by atoms with Crippen LogP contribution in [0.4, 0.5) is 4.79 Å². The van der Waals surface area contributed by atoms with Crippen molar-refractivity contribution >= 4 is 17.7 Å². The van der Waals surface area contributed by atoms with E-state index >= 15 is 0 Å². The van der Waals surface area contributed by atoms with Gasteiger partial charge in [0.05, 0.1) is 24.8 Å². The van der Waals surface area contributed by atoms with E-state index in [9.17, 15) is 14.4 Å². The highest BCUT2D eigenvalue weighted by atomic mass is 16.5. The van der Waals surface area contributed by atoms with Crippen LogP contribution in [0.15, 0.2) is 48.5 Å². The molecule has 3 rings (SSSR count). The number of hydrogen-bond donors (Lipinski definition) is 1. The summed E-state index contributed by atoms with van der Waals surface area (Å²) in [5.74, 6) is -0.257. The Balaban J connectivity index is 1.79. The van der Waals surface area contributed by atoms with Crippen molar-refractivity contribution in [2.45, 2.75) is 19.4 Å². The number of Topliss-reactive ketones (excluding diaryl/α,β-unsaturated/α-hetero) is 1. The maximum absolute atomic E-state index is 12.9. The first-order chi connectivity index (χ1) is 13.4. The van der Waals surface area contributed by atoms with E-state index in [1.54, 1.807) is 55.5 Å². The number of amides is 3. The van der Waals surface area contributed by atoms with Crippen LogP contribution in [0.1, 0.15) is 35.3 Å². The summed E-state index contributed by atoms with van der Waals surface area (Å²) in [5.41, 5.74) is -0.0852. The number of benzene rings is 2. The first-order valence-corrected chi connectivity index (χ1v) is 8.80. The molecule has 0 aliphatic carbocycles. The second-order valence-electron chi connectivity index (χ2n) is 6.52. The van der Waals surface area contributed by atoms with Crippen LogP contribution < -0.4 is 10.1 Å². The van der Waals surface area contributed by atoms with Crippen LogP contribution in [-0.2, 0) is 10.3 Å². The number of ketones is 1. The summed E-state index contributed by atoms with van der Waals surface area (Å²) in [6, 6.07) is 14.4. The molecule has 2 aromatic carbocycles. The predicted octanol–water partition coefficient (Wildman–Crippen LogP) is 2.61. The van der Waals surface area contributed by atoms with Crippen LogP contribution in [0.2, 0.25) is 0 Å². The van der Waals surface area contributed by atoms with Gasteiger partial charge in [-0.1, -0.05) is 12.1 Å². The largest absolute Gasteiger partial charge is 0.494 e. The lowest BCUT2D eigenvalue weighted by atomic mass is 9.91. The summed E-state index contributed by atoms with van der Waals surface area (Å²) in [4.78, 5) is 38.8. The molecule has 1 fully saturated rings. The Hall–Kier alpha value is -3.66. The zero-order valence-corrected chi connectivity index (χ0v) is 15.6. The summed E-state index contributed by atoms with van der Waals surface area (Å²) in [6.07, 6.45) is 0. The lowest BCUT2D eigenvalue weighted by molar-refractivity contribution is -0.130. The Bertz CT molecular complexity index is 978. The minimum absolute atomic E-state index is 0.360. The number of imide groups is 1. The summed E-state index contributed by atoms with van der Waals surface area (Å²) in [5, 5.41) is 11.7. The number of nitriles is 1. The Morgan fingerprint density at radius 3 is 2.57 bits per heavy atom. The number of ether oxygens (including phenoxy) is 1. The Labute approximate surface area is 162 Å². The highest BCUT2D eigenvalue weighted by molar-refractivity contribution is 6.11. The molecule has 1 aliphatic heterocycles. The van der Waals surface area contributed by atoms with Gasteiger partial charge in [-0.25, -0.2) is 4.79 Å². The topological polar surface area (TPSA) is 99.5 Å². The molecule has 28 heavy (non-hydrogen) atoms. The number of nitrogens with zero attached hydrogens (tertiary/aromatic N) is 2. The van der Waals surface area contributed by atoms with E-state index in [0.29, 0.717) is 29.0 Å². The zero-order valence-electron chi connectivity index (χ0n) is 15.6. The molecule has 7 heteroatoms. The smallest absolute Gasteiger partial charge is 0.325 e. The standard InChI is InChI=1S/C21H19N3O4/c1-3-28-17-9-7-15(8-10-17)18(25)13-24-19(26)21(2,23-20(24)27)16-6-4-5-14(11-16)12-22/h4-11H,3,13H2,1-2H3,(H,23,27)/t21-/m0/s1. The maximum atomic E-state index is 12.9. The van der Waals surface area contributed by atoms with Gasteiger partial charge >= 0.3 is 6.03 Å². The molecule has 0 radical (unpaired) electrons. The second kappa shape index (κ2) is 7.53. The molecule has 2 aromatic rings. The molecule has 1 N–H and O–H groups in total. The van der Waals surface area contributed by atoms with Crippen molar-refractivity contribution in [2.24, 2.45) is 0 Å². The normalized spacial score (nSPS) is 18.5. The van der Waals surface area contributed by atoms with Crippen molar-refractivity contribution in [2.75, 3.05) is 13.2 Å². The van der Waals surface area contributed by atoms with E-state index in [4.69, 9.17) is 10.00 Å². The van der Waals surface area contributed by atoms with Crippen molar-refractivity contribution in [1.29, 1.82) is 5.26 Å². The number of rotatable bonds is 6. The van der Waals surface area contributed by atoms with E-state index in [0.717, 1.165) is 4.90 Å². The molecule has 0 spiro atoms. The number of hydrogen-bond acceptors (Lipinski definition) is 5. The zero-order chi connectivity index (χ0) is 20.3. The van der Waals surface area contributed by atoms with E-state index in [-0.39, 0.29) is 12.3 Å². The van der Waals surface area contributed by atoms with E-state index in [2.05, 4.69) is 5.32 Å². The monoisotopic (exact) mass is 377 g/mol. The van der Waals surface area contributed by atoms with Crippen LogP contribution in [0.5, 0.6) is 5.75 Å². The van der Waals surface area contributed by atoms with Crippen LogP contribution >= 0.6 is 0 Å². The fourth-order valence-corrected chi connectivity index (χ4v) is 3.07. The van der Waals surface area contributed by atoms with E-state index in [1.807, 2.05) is 13.0 Å². The third-order valence-electron chi connectivity index (χ3n) is 4.63. The molecule has 3 amide bonds. The number of nitrogens with one attached hydrogen (secondary N) is 1. The second-order valence-corrected chi connectivity index (χ2v) is 6.52.